The summed E-state index contributed by atoms with van der Waals surface area (Å²) < 4.78 is 5.65. The maximum atomic E-state index is 12.5. The molecule has 1 saturated heterocycles. The fourth-order valence-corrected chi connectivity index (χ4v) is 2.48. The fourth-order valence-electron chi connectivity index (χ4n) is 2.48. The highest BCUT2D eigenvalue weighted by Crippen LogP contribution is 2.21. The third-order valence-electron chi connectivity index (χ3n) is 3.80. The van der Waals surface area contributed by atoms with Gasteiger partial charge in [0.1, 0.15) is 6.10 Å². The number of ether oxygens (including phenoxy) is 1. The Balaban J connectivity index is 1.68. The van der Waals surface area contributed by atoms with Crippen LogP contribution < -0.4 is 5.32 Å². The van der Waals surface area contributed by atoms with Crippen LogP contribution in [0, 0.1) is 13.8 Å². The number of anilines is 1. The molecule has 23 heavy (non-hydrogen) atoms. The van der Waals surface area contributed by atoms with Crippen molar-refractivity contribution in [3.63, 3.8) is 0 Å². The van der Waals surface area contributed by atoms with Crippen molar-refractivity contribution in [2.24, 2.45) is 7.05 Å². The number of aromatic nitrogens is 4. The monoisotopic (exact) mass is 316 g/mol. The van der Waals surface area contributed by atoms with E-state index < -0.39 is 0 Å². The average Bonchev–Trinajstić information content (AvgIpc) is 2.97. The van der Waals surface area contributed by atoms with E-state index in [2.05, 4.69) is 20.7 Å². The number of benzene rings is 1. The molecule has 1 aliphatic heterocycles. The normalized spacial score (nSPS) is 18.0. The molecule has 1 N–H and O–H groups in total. The Morgan fingerprint density at radius 2 is 2.22 bits per heavy atom. The number of amides is 2. The number of urea groups is 1. The number of nitrogens with one attached hydrogen (secondary N) is 1. The summed E-state index contributed by atoms with van der Waals surface area (Å²) in [5.74, 6) is 0.497. The molecule has 1 aromatic heterocycles. The number of nitrogens with zero attached hydrogens (tertiary/aromatic N) is 5. The van der Waals surface area contributed by atoms with Gasteiger partial charge >= 0.3 is 6.03 Å². The molecule has 2 aromatic rings. The van der Waals surface area contributed by atoms with E-state index in [4.69, 9.17) is 4.74 Å². The van der Waals surface area contributed by atoms with Gasteiger partial charge in [0.25, 0.3) is 0 Å². The molecule has 122 valence electrons. The van der Waals surface area contributed by atoms with Crippen LogP contribution >= 0.6 is 0 Å². The predicted octanol–water partition coefficient (Wildman–Crippen LogP) is 1.43. The van der Waals surface area contributed by atoms with Crippen molar-refractivity contribution in [3.05, 3.63) is 35.2 Å². The van der Waals surface area contributed by atoms with Gasteiger partial charge in [-0.1, -0.05) is 12.1 Å². The highest BCUT2D eigenvalue weighted by atomic mass is 16.5. The van der Waals surface area contributed by atoms with Gasteiger partial charge in [-0.05, 0) is 36.3 Å². The van der Waals surface area contributed by atoms with Crippen LogP contribution in [0.4, 0.5) is 10.5 Å². The Hall–Kier alpha value is -2.48. The van der Waals surface area contributed by atoms with E-state index in [-0.39, 0.29) is 12.1 Å². The van der Waals surface area contributed by atoms with Gasteiger partial charge in [0.2, 0.25) is 5.82 Å². The summed E-state index contributed by atoms with van der Waals surface area (Å²) in [4.78, 5) is 15.6. The average molecular weight is 316 g/mol. The molecule has 0 aliphatic carbocycles. The smallest absolute Gasteiger partial charge is 0.322 e. The van der Waals surface area contributed by atoms with E-state index in [1.165, 1.54) is 4.80 Å². The standard InChI is InChI=1S/C15H20N6O2/c1-10-4-5-11(2)12(8-10)16-15(22)21-6-7-23-13(9-21)14-17-19-20(3)18-14/h4-5,8,13H,6-7,9H2,1-3H3,(H,16,22). The van der Waals surface area contributed by atoms with Gasteiger partial charge in [-0.25, -0.2) is 4.79 Å². The highest BCUT2D eigenvalue weighted by molar-refractivity contribution is 5.90. The number of hydrogen-bond donors (Lipinski definition) is 1. The maximum Gasteiger partial charge on any atom is 0.322 e. The van der Waals surface area contributed by atoms with E-state index in [1.807, 2.05) is 32.0 Å². The van der Waals surface area contributed by atoms with E-state index in [1.54, 1.807) is 11.9 Å². The van der Waals surface area contributed by atoms with Crippen LogP contribution in [0.5, 0.6) is 0 Å². The second-order valence-corrected chi connectivity index (χ2v) is 5.69. The van der Waals surface area contributed by atoms with E-state index in [9.17, 15) is 4.79 Å². The first-order valence-electron chi connectivity index (χ1n) is 7.51. The lowest BCUT2D eigenvalue weighted by molar-refractivity contribution is -0.0182. The Morgan fingerprint density at radius 3 is 2.96 bits per heavy atom. The van der Waals surface area contributed by atoms with Gasteiger partial charge in [-0.3, -0.25) is 0 Å². The Kier molecular flexibility index (Phi) is 4.24. The Bertz CT molecular complexity index is 714. The summed E-state index contributed by atoms with van der Waals surface area (Å²) in [6.07, 6.45) is -0.346. The number of aryl methyl sites for hydroxylation is 3. The van der Waals surface area contributed by atoms with Crippen LogP contribution in [0.2, 0.25) is 0 Å². The lowest BCUT2D eigenvalue weighted by Gasteiger charge is -2.31. The molecule has 1 atom stereocenters. The minimum Gasteiger partial charge on any atom is -0.366 e. The van der Waals surface area contributed by atoms with Crippen molar-refractivity contribution in [2.45, 2.75) is 20.0 Å². The summed E-state index contributed by atoms with van der Waals surface area (Å²) in [5, 5.41) is 14.9. The molecule has 3 rings (SSSR count). The van der Waals surface area contributed by atoms with Gasteiger partial charge in [0.05, 0.1) is 20.2 Å². The van der Waals surface area contributed by atoms with Crippen LogP contribution in [0.15, 0.2) is 18.2 Å². The molecule has 1 fully saturated rings. The van der Waals surface area contributed by atoms with Crippen molar-refractivity contribution in [3.8, 4) is 0 Å². The van der Waals surface area contributed by atoms with Crippen LogP contribution in [0.25, 0.3) is 0 Å². The molecule has 0 bridgehead atoms. The fraction of sp³-hybridized carbons (Fsp3) is 0.467. The molecule has 2 heterocycles. The van der Waals surface area contributed by atoms with Crippen molar-refractivity contribution in [1.82, 2.24) is 25.1 Å². The summed E-state index contributed by atoms with van der Waals surface area (Å²) in [6, 6.07) is 5.84. The first-order chi connectivity index (χ1) is 11.0. The zero-order chi connectivity index (χ0) is 16.4. The van der Waals surface area contributed by atoms with Crippen LogP contribution in [0.3, 0.4) is 0 Å². The summed E-state index contributed by atoms with van der Waals surface area (Å²) >= 11 is 0. The third-order valence-corrected chi connectivity index (χ3v) is 3.80. The van der Waals surface area contributed by atoms with Crippen LogP contribution in [-0.2, 0) is 11.8 Å². The molecule has 1 unspecified atom stereocenters. The number of carbonyl (C=O) groups excluding carboxylic acids is 1. The molecular formula is C15H20N6O2. The number of carbonyl (C=O) groups is 1. The van der Waals surface area contributed by atoms with E-state index in [0.717, 1.165) is 16.8 Å². The summed E-state index contributed by atoms with van der Waals surface area (Å²) in [6.45, 7) is 5.36. The van der Waals surface area contributed by atoms with Gasteiger partial charge in [-0.15, -0.1) is 10.2 Å². The van der Waals surface area contributed by atoms with Crippen LogP contribution in [0.1, 0.15) is 23.1 Å². The molecule has 8 nitrogen and oxygen atoms in total. The number of tetrazole rings is 1. The van der Waals surface area contributed by atoms with Gasteiger partial charge in [0, 0.05) is 12.2 Å². The number of morpholine rings is 1. The summed E-state index contributed by atoms with van der Waals surface area (Å²) in [7, 11) is 1.70. The zero-order valence-electron chi connectivity index (χ0n) is 13.5. The SMILES string of the molecule is Cc1ccc(C)c(NC(=O)N2CCOC(c3nnn(C)n3)C2)c1. The topological polar surface area (TPSA) is 85.2 Å². The van der Waals surface area contributed by atoms with Crippen molar-refractivity contribution in [1.29, 1.82) is 0 Å². The van der Waals surface area contributed by atoms with E-state index >= 15 is 0 Å². The molecule has 8 heteroatoms. The molecule has 0 saturated carbocycles. The van der Waals surface area contributed by atoms with Crippen molar-refractivity contribution in [2.75, 3.05) is 25.0 Å². The van der Waals surface area contributed by atoms with Crippen LogP contribution in [-0.4, -0.2) is 50.8 Å². The molecule has 1 aliphatic rings. The molecule has 0 spiro atoms. The highest BCUT2D eigenvalue weighted by Gasteiger charge is 2.28. The van der Waals surface area contributed by atoms with Crippen molar-refractivity contribution < 1.29 is 9.53 Å². The molecule has 1 aromatic carbocycles. The zero-order valence-corrected chi connectivity index (χ0v) is 13.5. The van der Waals surface area contributed by atoms with Gasteiger partial charge < -0.3 is 15.0 Å². The Labute approximate surface area is 134 Å². The predicted molar refractivity (Wildman–Crippen MR) is 84.0 cm³/mol. The second kappa shape index (κ2) is 6.33. The van der Waals surface area contributed by atoms with E-state index in [0.29, 0.717) is 25.5 Å². The summed E-state index contributed by atoms with van der Waals surface area (Å²) in [5.41, 5.74) is 2.97. The first-order valence-corrected chi connectivity index (χ1v) is 7.51. The second-order valence-electron chi connectivity index (χ2n) is 5.69. The minimum absolute atomic E-state index is 0.143. The number of rotatable bonds is 2. The van der Waals surface area contributed by atoms with Crippen molar-refractivity contribution >= 4 is 11.7 Å². The number of hydrogen-bond acceptors (Lipinski definition) is 5. The molecule has 2 amide bonds. The molecular weight excluding hydrogens is 296 g/mol. The quantitative estimate of drug-likeness (QED) is 0.906. The van der Waals surface area contributed by atoms with Gasteiger partial charge in [-0.2, -0.15) is 4.80 Å². The molecule has 0 radical (unpaired) electrons. The van der Waals surface area contributed by atoms with Gasteiger partial charge in [0.15, 0.2) is 0 Å². The first kappa shape index (κ1) is 15.4. The Morgan fingerprint density at radius 1 is 1.39 bits per heavy atom. The minimum atomic E-state index is -0.346. The lowest BCUT2D eigenvalue weighted by Crippen LogP contribution is -2.44. The largest absolute Gasteiger partial charge is 0.366 e. The maximum absolute atomic E-state index is 12.5. The third kappa shape index (κ3) is 3.48. The lowest BCUT2D eigenvalue weighted by atomic mass is 10.1.